The van der Waals surface area contributed by atoms with Crippen LogP contribution in [0.5, 0.6) is 11.5 Å². The molecule has 8 heteroatoms. The number of piperidine rings is 1. The number of hydrogen-bond acceptors (Lipinski definition) is 7. The first-order valence-corrected chi connectivity index (χ1v) is 8.84. The molecule has 1 N–H and O–H groups in total. The molecule has 0 spiro atoms. The number of methoxy groups -OCH3 is 1. The predicted molar refractivity (Wildman–Crippen MR) is 101 cm³/mol. The van der Waals surface area contributed by atoms with E-state index in [1.165, 1.54) is 7.11 Å². The Hall–Kier alpha value is -2.74. The number of benzene rings is 1. The van der Waals surface area contributed by atoms with Crippen molar-refractivity contribution < 1.29 is 23.9 Å². The molecule has 1 saturated heterocycles. The molecule has 2 heterocycles. The summed E-state index contributed by atoms with van der Waals surface area (Å²) < 4.78 is 15.5. The lowest BCUT2D eigenvalue weighted by Crippen LogP contribution is -2.36. The average Bonchev–Trinajstić information content (AvgIpc) is 2.73. The smallest absolute Gasteiger partial charge is 0.536 e. The van der Waals surface area contributed by atoms with Crippen LogP contribution in [0.4, 0.5) is 5.82 Å². The minimum absolute atomic E-state index is 0.366. The Morgan fingerprint density at radius 1 is 1.26 bits per heavy atom. The van der Waals surface area contributed by atoms with E-state index in [0.717, 1.165) is 31.7 Å². The van der Waals surface area contributed by atoms with E-state index in [2.05, 4.69) is 9.88 Å². The molecule has 1 radical (unpaired) electrons. The van der Waals surface area contributed by atoms with Crippen LogP contribution in [0.1, 0.15) is 23.2 Å². The summed E-state index contributed by atoms with van der Waals surface area (Å²) >= 11 is 0. The van der Waals surface area contributed by atoms with Crippen molar-refractivity contribution in [1.29, 1.82) is 0 Å². The molecule has 0 atom stereocenters. The van der Waals surface area contributed by atoms with Gasteiger partial charge >= 0.3 is 13.7 Å². The van der Waals surface area contributed by atoms with Gasteiger partial charge in [-0.3, -0.25) is 0 Å². The van der Waals surface area contributed by atoms with E-state index in [4.69, 9.17) is 19.2 Å². The van der Waals surface area contributed by atoms with Crippen molar-refractivity contribution in [3.8, 4) is 11.5 Å². The molecule has 0 unspecified atom stereocenters. The van der Waals surface area contributed by atoms with Crippen molar-refractivity contribution in [2.24, 2.45) is 5.92 Å². The van der Waals surface area contributed by atoms with Crippen LogP contribution >= 0.6 is 0 Å². The number of nitrogens with zero attached hydrogens (tertiary/aromatic N) is 2. The van der Waals surface area contributed by atoms with Gasteiger partial charge in [-0.25, -0.2) is 9.78 Å². The van der Waals surface area contributed by atoms with E-state index >= 15 is 0 Å². The molecular formula is C19H22BN2O5. The van der Waals surface area contributed by atoms with Gasteiger partial charge in [0.15, 0.2) is 0 Å². The van der Waals surface area contributed by atoms with Crippen LogP contribution in [-0.4, -0.2) is 50.5 Å². The van der Waals surface area contributed by atoms with Crippen molar-refractivity contribution in [3.05, 3.63) is 48.2 Å². The van der Waals surface area contributed by atoms with Gasteiger partial charge in [-0.2, -0.15) is 0 Å². The number of aromatic nitrogens is 1. The summed E-state index contributed by atoms with van der Waals surface area (Å²) in [6.07, 6.45) is 3.59. The molecule has 7 nitrogen and oxygen atoms in total. The Labute approximate surface area is 159 Å². The molecule has 1 fully saturated rings. The summed E-state index contributed by atoms with van der Waals surface area (Å²) in [6.45, 7) is 2.41. The number of anilines is 1. The molecule has 0 bridgehead atoms. The van der Waals surface area contributed by atoms with Gasteiger partial charge in [0.25, 0.3) is 0 Å². The van der Waals surface area contributed by atoms with E-state index in [1.807, 2.05) is 12.1 Å². The van der Waals surface area contributed by atoms with E-state index < -0.39 is 0 Å². The fourth-order valence-corrected chi connectivity index (χ4v) is 3.06. The van der Waals surface area contributed by atoms with Gasteiger partial charge in [0.1, 0.15) is 17.3 Å². The Bertz CT molecular complexity index is 748. The van der Waals surface area contributed by atoms with Gasteiger partial charge < -0.3 is 24.1 Å². The molecule has 27 heavy (non-hydrogen) atoms. The molecule has 0 aliphatic carbocycles. The zero-order chi connectivity index (χ0) is 19.1. The minimum Gasteiger partial charge on any atom is -0.536 e. The lowest BCUT2D eigenvalue weighted by Gasteiger charge is -2.32. The molecule has 1 aliphatic heterocycles. The van der Waals surface area contributed by atoms with Crippen LogP contribution in [0.25, 0.3) is 0 Å². The van der Waals surface area contributed by atoms with Crippen LogP contribution < -0.4 is 14.3 Å². The van der Waals surface area contributed by atoms with Crippen LogP contribution in [0, 0.1) is 5.92 Å². The summed E-state index contributed by atoms with van der Waals surface area (Å²) in [4.78, 5) is 18.2. The maximum absolute atomic E-state index is 11.6. The lowest BCUT2D eigenvalue weighted by molar-refractivity contribution is 0.0600. The second-order valence-corrected chi connectivity index (χ2v) is 6.34. The van der Waals surface area contributed by atoms with Gasteiger partial charge in [-0.15, -0.1) is 0 Å². The lowest BCUT2D eigenvalue weighted by atomic mass is 9.98. The fraction of sp³-hybridized carbons (Fsp3) is 0.368. The average molecular weight is 369 g/mol. The van der Waals surface area contributed by atoms with E-state index in [9.17, 15) is 4.79 Å². The maximum Gasteiger partial charge on any atom is 0.569 e. The van der Waals surface area contributed by atoms with E-state index in [-0.39, 0.29) is 5.97 Å². The number of rotatable bonds is 7. The Morgan fingerprint density at radius 3 is 2.74 bits per heavy atom. The molecular weight excluding hydrogens is 347 g/mol. The number of ether oxygens (including phenoxy) is 2. The Balaban J connectivity index is 1.47. The molecule has 141 valence electrons. The minimum atomic E-state index is -0.366. The summed E-state index contributed by atoms with van der Waals surface area (Å²) in [6, 6.07) is 10.7. The third-order valence-electron chi connectivity index (χ3n) is 4.59. The molecule has 1 aliphatic rings. The van der Waals surface area contributed by atoms with E-state index in [0.29, 0.717) is 37.3 Å². The summed E-state index contributed by atoms with van der Waals surface area (Å²) in [5.41, 5.74) is 0.488. The molecule has 2 aromatic rings. The third kappa shape index (κ3) is 5.13. The van der Waals surface area contributed by atoms with Crippen LogP contribution in [0.2, 0.25) is 0 Å². The largest absolute Gasteiger partial charge is 0.569 e. The SMILES string of the molecule is COC(=O)c1cccc(OCC2CCN(c3ccc(O[B]O)cn3)CC2)c1. The first-order valence-electron chi connectivity index (χ1n) is 8.84. The van der Waals surface area contributed by atoms with Crippen molar-refractivity contribution in [1.82, 2.24) is 4.98 Å². The summed E-state index contributed by atoms with van der Waals surface area (Å²) in [5, 5.41) is 8.63. The quantitative estimate of drug-likeness (QED) is 0.591. The molecule has 3 rings (SSSR count). The highest BCUT2D eigenvalue weighted by atomic mass is 16.5. The molecule has 1 aromatic heterocycles. The van der Waals surface area contributed by atoms with Crippen molar-refractivity contribution >= 4 is 19.5 Å². The Morgan fingerprint density at radius 2 is 2.07 bits per heavy atom. The highest BCUT2D eigenvalue weighted by Crippen LogP contribution is 2.24. The highest BCUT2D eigenvalue weighted by Gasteiger charge is 2.21. The van der Waals surface area contributed by atoms with Gasteiger partial charge in [0, 0.05) is 13.1 Å². The normalized spacial score (nSPS) is 14.5. The Kier molecular flexibility index (Phi) is 6.54. The van der Waals surface area contributed by atoms with Gasteiger partial charge in [0.05, 0.1) is 25.5 Å². The van der Waals surface area contributed by atoms with Gasteiger partial charge in [-0.05, 0) is 49.1 Å². The second-order valence-electron chi connectivity index (χ2n) is 6.34. The van der Waals surface area contributed by atoms with E-state index in [1.54, 1.807) is 30.5 Å². The van der Waals surface area contributed by atoms with Crippen molar-refractivity contribution in [2.75, 3.05) is 31.7 Å². The van der Waals surface area contributed by atoms with Crippen LogP contribution in [0.3, 0.4) is 0 Å². The first kappa shape index (κ1) is 19.0. The van der Waals surface area contributed by atoms with Gasteiger partial charge in [-0.1, -0.05) is 6.07 Å². The summed E-state index contributed by atoms with van der Waals surface area (Å²) in [5.74, 6) is 2.16. The first-order chi connectivity index (χ1) is 13.2. The monoisotopic (exact) mass is 369 g/mol. The number of hydrogen-bond donors (Lipinski definition) is 1. The molecule has 1 aromatic carbocycles. The molecule has 0 amide bonds. The number of pyridine rings is 1. The maximum atomic E-state index is 11.6. The number of esters is 1. The predicted octanol–water partition coefficient (Wildman–Crippen LogP) is 2.07. The highest BCUT2D eigenvalue weighted by molar-refractivity contribution is 6.17. The van der Waals surface area contributed by atoms with Crippen LogP contribution in [0.15, 0.2) is 42.6 Å². The standard InChI is InChI=1S/C19H22BN2O5/c1-25-19(23)15-3-2-4-16(11-15)26-13-14-7-9-22(10-8-14)18-6-5-17(12-21-18)27-20-24/h2-6,11-12,14,24H,7-10,13H2,1H3. The molecule has 0 saturated carbocycles. The topological polar surface area (TPSA) is 81.1 Å². The van der Waals surface area contributed by atoms with Gasteiger partial charge in [0.2, 0.25) is 0 Å². The fourth-order valence-electron chi connectivity index (χ4n) is 3.06. The zero-order valence-corrected chi connectivity index (χ0v) is 15.2. The summed E-state index contributed by atoms with van der Waals surface area (Å²) in [7, 11) is 2.01. The van der Waals surface area contributed by atoms with Crippen molar-refractivity contribution in [2.45, 2.75) is 12.8 Å². The van der Waals surface area contributed by atoms with Crippen molar-refractivity contribution in [3.63, 3.8) is 0 Å². The van der Waals surface area contributed by atoms with Crippen LogP contribution in [-0.2, 0) is 4.74 Å². The second kappa shape index (κ2) is 9.27. The number of carbonyl (C=O) groups excluding carboxylic acids is 1. The zero-order valence-electron chi connectivity index (χ0n) is 15.2. The number of carbonyl (C=O) groups is 1. The third-order valence-corrected chi connectivity index (χ3v) is 4.59.